The van der Waals surface area contributed by atoms with E-state index in [0.717, 1.165) is 4.70 Å². The van der Waals surface area contributed by atoms with Gasteiger partial charge in [-0.15, -0.1) is 0 Å². The summed E-state index contributed by atoms with van der Waals surface area (Å²) in [5.41, 5.74) is 1.01. The van der Waals surface area contributed by atoms with Gasteiger partial charge in [0.25, 0.3) is 5.91 Å². The van der Waals surface area contributed by atoms with Crippen LogP contribution in [0.2, 0.25) is 10.0 Å². The van der Waals surface area contributed by atoms with E-state index >= 15 is 0 Å². The van der Waals surface area contributed by atoms with Crippen LogP contribution in [0.4, 0.5) is 0 Å². The monoisotopic (exact) mass is 527 g/mol. The van der Waals surface area contributed by atoms with Crippen LogP contribution < -0.4 is 4.80 Å². The standard InChI is InChI=1S/C23H27Cl2N3O3S2/c1-14(2)12-28(13-15(3)4)33(30,31)17-8-6-16(7-9-17)22(29)26-23-27(5)21-19(32-23)11-10-18(24)20(21)25/h6-11,14-15H,12-13H2,1-5H3. The van der Waals surface area contributed by atoms with Gasteiger partial charge in [-0.2, -0.15) is 9.30 Å². The molecule has 0 saturated heterocycles. The maximum atomic E-state index is 13.2. The maximum absolute atomic E-state index is 13.2. The Labute approximate surface area is 208 Å². The molecule has 0 aliphatic carbocycles. The van der Waals surface area contributed by atoms with Crippen molar-refractivity contribution in [1.29, 1.82) is 0 Å². The number of thiazole rings is 1. The van der Waals surface area contributed by atoms with E-state index in [-0.39, 0.29) is 16.7 Å². The van der Waals surface area contributed by atoms with Gasteiger partial charge in [0.15, 0.2) is 4.80 Å². The summed E-state index contributed by atoms with van der Waals surface area (Å²) in [6.07, 6.45) is 0. The predicted octanol–water partition coefficient (Wildman–Crippen LogP) is 5.59. The molecule has 2 aromatic carbocycles. The summed E-state index contributed by atoms with van der Waals surface area (Å²) in [5.74, 6) is -0.0724. The average Bonchev–Trinajstić information content (AvgIpc) is 3.05. The Morgan fingerprint density at radius 2 is 1.61 bits per heavy atom. The number of carbonyl (C=O) groups excluding carboxylic acids is 1. The Bertz CT molecular complexity index is 1330. The van der Waals surface area contributed by atoms with Gasteiger partial charge in [-0.3, -0.25) is 4.79 Å². The second kappa shape index (κ2) is 10.3. The van der Waals surface area contributed by atoms with Crippen molar-refractivity contribution in [2.45, 2.75) is 32.6 Å². The van der Waals surface area contributed by atoms with E-state index in [0.29, 0.717) is 39.0 Å². The fraction of sp³-hybridized carbons (Fsp3) is 0.391. The van der Waals surface area contributed by atoms with Gasteiger partial charge in [0, 0.05) is 25.7 Å². The molecule has 0 radical (unpaired) electrons. The van der Waals surface area contributed by atoms with Gasteiger partial charge in [-0.1, -0.05) is 62.2 Å². The highest BCUT2D eigenvalue weighted by molar-refractivity contribution is 7.89. The molecule has 3 rings (SSSR count). The highest BCUT2D eigenvalue weighted by atomic mass is 35.5. The van der Waals surface area contributed by atoms with Crippen molar-refractivity contribution >= 4 is 60.7 Å². The van der Waals surface area contributed by atoms with Gasteiger partial charge in [-0.05, 0) is 48.2 Å². The van der Waals surface area contributed by atoms with Crippen molar-refractivity contribution in [3.63, 3.8) is 0 Å². The van der Waals surface area contributed by atoms with Crippen LogP contribution >= 0.6 is 34.5 Å². The minimum atomic E-state index is -3.66. The molecule has 1 heterocycles. The first-order valence-electron chi connectivity index (χ1n) is 10.5. The van der Waals surface area contributed by atoms with Gasteiger partial charge >= 0.3 is 0 Å². The third kappa shape index (κ3) is 5.69. The van der Waals surface area contributed by atoms with E-state index in [2.05, 4.69) is 4.99 Å². The molecule has 0 unspecified atom stereocenters. The quantitative estimate of drug-likeness (QED) is 0.401. The summed E-state index contributed by atoms with van der Waals surface area (Å²) >= 11 is 13.7. The molecule has 10 heteroatoms. The number of benzene rings is 2. The molecule has 178 valence electrons. The first-order valence-corrected chi connectivity index (χ1v) is 13.6. The van der Waals surface area contributed by atoms with E-state index in [4.69, 9.17) is 23.2 Å². The van der Waals surface area contributed by atoms with Crippen molar-refractivity contribution in [3.05, 3.63) is 56.8 Å². The Kier molecular flexibility index (Phi) is 8.07. The van der Waals surface area contributed by atoms with Crippen LogP contribution in [-0.2, 0) is 17.1 Å². The van der Waals surface area contributed by atoms with Crippen LogP contribution in [0, 0.1) is 11.8 Å². The second-order valence-corrected chi connectivity index (χ2v) is 12.4. The maximum Gasteiger partial charge on any atom is 0.279 e. The summed E-state index contributed by atoms with van der Waals surface area (Å²) in [6, 6.07) is 9.46. The van der Waals surface area contributed by atoms with Crippen LogP contribution in [0.25, 0.3) is 10.2 Å². The molecule has 6 nitrogen and oxygen atoms in total. The Balaban J connectivity index is 1.93. The molecule has 1 aromatic heterocycles. The number of fused-ring (bicyclic) bond motifs is 1. The number of aromatic nitrogens is 1. The molecule has 0 spiro atoms. The number of nitrogens with zero attached hydrogens (tertiary/aromatic N) is 3. The minimum Gasteiger partial charge on any atom is -0.318 e. The lowest BCUT2D eigenvalue weighted by molar-refractivity contribution is 0.0998. The Morgan fingerprint density at radius 3 is 2.15 bits per heavy atom. The fourth-order valence-electron chi connectivity index (χ4n) is 3.43. The SMILES string of the molecule is CC(C)CN(CC(C)C)S(=O)(=O)c1ccc(C(=O)N=c2sc3ccc(Cl)c(Cl)c3n2C)cc1. The van der Waals surface area contributed by atoms with Crippen LogP contribution in [0.5, 0.6) is 0 Å². The largest absolute Gasteiger partial charge is 0.318 e. The molecule has 0 saturated carbocycles. The van der Waals surface area contributed by atoms with Crippen LogP contribution in [0.3, 0.4) is 0 Å². The molecule has 0 aliphatic heterocycles. The van der Waals surface area contributed by atoms with Gasteiger partial charge < -0.3 is 4.57 Å². The molecular formula is C23H27Cl2N3O3S2. The zero-order valence-corrected chi connectivity index (χ0v) is 22.3. The average molecular weight is 529 g/mol. The lowest BCUT2D eigenvalue weighted by atomic mass is 10.2. The highest BCUT2D eigenvalue weighted by Gasteiger charge is 2.26. The first-order chi connectivity index (χ1) is 15.4. The number of hydrogen-bond donors (Lipinski definition) is 0. The molecule has 1 amide bonds. The van der Waals surface area contributed by atoms with Crippen LogP contribution in [0.15, 0.2) is 46.3 Å². The first kappa shape index (κ1) is 25.9. The van der Waals surface area contributed by atoms with Crippen molar-refractivity contribution in [2.75, 3.05) is 13.1 Å². The molecule has 0 N–H and O–H groups in total. The highest BCUT2D eigenvalue weighted by Crippen LogP contribution is 2.31. The van der Waals surface area contributed by atoms with Gasteiger partial charge in [0.1, 0.15) is 0 Å². The minimum absolute atomic E-state index is 0.161. The molecule has 3 aromatic rings. The summed E-state index contributed by atoms with van der Waals surface area (Å²) in [4.78, 5) is 17.6. The number of sulfonamides is 1. The Hall–Kier alpha value is -1.71. The Morgan fingerprint density at radius 1 is 1.03 bits per heavy atom. The fourth-order valence-corrected chi connectivity index (χ4v) is 6.72. The lowest BCUT2D eigenvalue weighted by Crippen LogP contribution is -2.37. The molecule has 0 aliphatic rings. The normalized spacial score (nSPS) is 13.1. The third-order valence-electron chi connectivity index (χ3n) is 4.93. The van der Waals surface area contributed by atoms with Gasteiger partial charge in [0.2, 0.25) is 10.0 Å². The summed E-state index contributed by atoms with van der Waals surface area (Å²) in [6.45, 7) is 8.82. The van der Waals surface area contributed by atoms with E-state index in [1.54, 1.807) is 17.7 Å². The zero-order chi connectivity index (χ0) is 24.5. The molecule has 0 atom stereocenters. The summed E-state index contributed by atoms with van der Waals surface area (Å²) in [7, 11) is -1.90. The summed E-state index contributed by atoms with van der Waals surface area (Å²) in [5, 5.41) is 0.833. The van der Waals surface area contributed by atoms with E-state index in [1.165, 1.54) is 39.9 Å². The van der Waals surface area contributed by atoms with Crippen molar-refractivity contribution < 1.29 is 13.2 Å². The third-order valence-corrected chi connectivity index (χ3v) is 8.67. The smallest absolute Gasteiger partial charge is 0.279 e. The molecule has 33 heavy (non-hydrogen) atoms. The molecule has 0 fully saturated rings. The predicted molar refractivity (Wildman–Crippen MR) is 136 cm³/mol. The van der Waals surface area contributed by atoms with E-state index < -0.39 is 15.9 Å². The number of rotatable bonds is 7. The van der Waals surface area contributed by atoms with Gasteiger partial charge in [0.05, 0.1) is 25.2 Å². The van der Waals surface area contributed by atoms with E-state index in [1.807, 2.05) is 33.8 Å². The van der Waals surface area contributed by atoms with Crippen molar-refractivity contribution in [3.8, 4) is 0 Å². The van der Waals surface area contributed by atoms with Crippen LogP contribution in [-0.4, -0.2) is 36.3 Å². The number of amides is 1. The molecular weight excluding hydrogens is 501 g/mol. The van der Waals surface area contributed by atoms with Crippen molar-refractivity contribution in [1.82, 2.24) is 8.87 Å². The van der Waals surface area contributed by atoms with Gasteiger partial charge in [-0.25, -0.2) is 8.42 Å². The number of halogens is 2. The van der Waals surface area contributed by atoms with Crippen LogP contribution in [0.1, 0.15) is 38.1 Å². The van der Waals surface area contributed by atoms with E-state index in [9.17, 15) is 13.2 Å². The molecule has 0 bridgehead atoms. The number of carbonyl (C=O) groups is 1. The lowest BCUT2D eigenvalue weighted by Gasteiger charge is -2.25. The topological polar surface area (TPSA) is 71.7 Å². The zero-order valence-electron chi connectivity index (χ0n) is 19.2. The van der Waals surface area contributed by atoms with Crippen molar-refractivity contribution in [2.24, 2.45) is 23.9 Å². The second-order valence-electron chi connectivity index (χ2n) is 8.70. The number of hydrogen-bond acceptors (Lipinski definition) is 4. The number of aryl methyl sites for hydroxylation is 1. The summed E-state index contributed by atoms with van der Waals surface area (Å²) < 4.78 is 30.4.